The number of hydrogen-bond donors (Lipinski definition) is 3. The number of fused-ring (bicyclic) bond motifs is 1. The Morgan fingerprint density at radius 3 is 3.00 bits per heavy atom. The van der Waals surface area contributed by atoms with Crippen molar-refractivity contribution in [3.63, 3.8) is 0 Å². The summed E-state index contributed by atoms with van der Waals surface area (Å²) < 4.78 is 7.22. The summed E-state index contributed by atoms with van der Waals surface area (Å²) in [6.07, 6.45) is 1.60. The highest BCUT2D eigenvalue weighted by atomic mass is 16.7. The summed E-state index contributed by atoms with van der Waals surface area (Å²) in [5, 5.41) is 18.8. The molecule has 0 aromatic carbocycles. The molecule has 0 radical (unpaired) electrons. The Kier molecular flexibility index (Phi) is 2.62. The van der Waals surface area contributed by atoms with Crippen LogP contribution in [0.25, 0.3) is 11.2 Å². The maximum atomic E-state index is 9.71. The normalized spacial score (nSPS) is 28.0. The zero-order chi connectivity index (χ0) is 12.7. The van der Waals surface area contributed by atoms with Gasteiger partial charge in [0.2, 0.25) is 0 Å². The standard InChI is InChI=1S/C10H13N5O3/c11-9-8-10(13-3-12-9)15(4-14-8)7-1-5(17)6(2-16)18-7/h3-7,16-17H,1-2H2,(H2,11,12,13)/t5-,6-,7-/m1/s1/i1+1,2+1,5+1,6+1,7+1. The molecule has 1 fully saturated rings. The Balaban J connectivity index is 1.99. The molecule has 0 unspecified atom stereocenters. The number of imidazole rings is 1. The molecule has 2 aromatic rings. The molecule has 0 aliphatic carbocycles. The average Bonchev–Trinajstić information content (AvgIpc) is 2.93. The predicted molar refractivity (Wildman–Crippen MR) is 61.4 cm³/mol. The molecule has 0 amide bonds. The maximum absolute atomic E-state index is 9.71. The molecule has 3 heterocycles. The third kappa shape index (κ3) is 1.62. The highest BCUT2D eigenvalue weighted by Gasteiger charge is 2.35. The van der Waals surface area contributed by atoms with Gasteiger partial charge >= 0.3 is 0 Å². The van der Waals surface area contributed by atoms with Gasteiger partial charge in [-0.05, 0) is 0 Å². The van der Waals surface area contributed by atoms with Gasteiger partial charge in [0, 0.05) is 6.42 Å². The minimum Gasteiger partial charge on any atom is -0.394 e. The molecule has 2 aromatic heterocycles. The van der Waals surface area contributed by atoms with E-state index in [9.17, 15) is 5.11 Å². The number of rotatable bonds is 2. The van der Waals surface area contributed by atoms with E-state index in [1.165, 1.54) is 6.33 Å². The Bertz CT molecular complexity index is 572. The van der Waals surface area contributed by atoms with Gasteiger partial charge in [0.15, 0.2) is 11.5 Å². The zero-order valence-electron chi connectivity index (χ0n) is 9.47. The van der Waals surface area contributed by atoms with Gasteiger partial charge in [-0.2, -0.15) is 0 Å². The summed E-state index contributed by atoms with van der Waals surface area (Å²) in [7, 11) is 0. The lowest BCUT2D eigenvalue weighted by Gasteiger charge is -2.13. The van der Waals surface area contributed by atoms with E-state index in [0.717, 1.165) is 0 Å². The van der Waals surface area contributed by atoms with Crippen LogP contribution < -0.4 is 5.73 Å². The zero-order valence-corrected chi connectivity index (χ0v) is 9.47. The van der Waals surface area contributed by atoms with Gasteiger partial charge in [0.1, 0.15) is 24.2 Å². The number of nitrogens with two attached hydrogens (primary N) is 1. The molecule has 18 heavy (non-hydrogen) atoms. The van der Waals surface area contributed by atoms with Crippen molar-refractivity contribution in [1.29, 1.82) is 0 Å². The molecule has 0 spiro atoms. The second-order valence-corrected chi connectivity index (χ2v) is 4.20. The molecular weight excluding hydrogens is 243 g/mol. The number of nitrogen functional groups attached to an aromatic ring is 1. The van der Waals surface area contributed by atoms with E-state index in [2.05, 4.69) is 15.0 Å². The summed E-state index contributed by atoms with van der Waals surface area (Å²) in [4.78, 5) is 12.1. The van der Waals surface area contributed by atoms with Crippen molar-refractivity contribution in [1.82, 2.24) is 19.5 Å². The van der Waals surface area contributed by atoms with Crippen molar-refractivity contribution in [3.8, 4) is 0 Å². The molecule has 1 saturated heterocycles. The lowest BCUT2D eigenvalue weighted by atomic mass is 10.5. The first-order valence-corrected chi connectivity index (χ1v) is 5.58. The first kappa shape index (κ1) is 11.3. The van der Waals surface area contributed by atoms with Crippen molar-refractivity contribution in [3.05, 3.63) is 12.7 Å². The summed E-state index contributed by atoms with van der Waals surface area (Å²) in [5.74, 6) is 0.302. The number of aliphatic hydroxyl groups excluding tert-OH is 2. The maximum Gasteiger partial charge on any atom is 0.167 e. The van der Waals surface area contributed by atoms with Crippen LogP contribution in [0, 0.1) is 0 Å². The van der Waals surface area contributed by atoms with Gasteiger partial charge in [-0.1, -0.05) is 0 Å². The molecule has 1 aliphatic heterocycles. The Labute approximate surface area is 102 Å². The number of anilines is 1. The molecule has 8 nitrogen and oxygen atoms in total. The van der Waals surface area contributed by atoms with E-state index in [0.29, 0.717) is 23.4 Å². The van der Waals surface area contributed by atoms with Crippen LogP contribution in [0.1, 0.15) is 12.6 Å². The van der Waals surface area contributed by atoms with E-state index < -0.39 is 18.4 Å². The summed E-state index contributed by atoms with van der Waals surface area (Å²) >= 11 is 0. The number of ether oxygens (including phenoxy) is 1. The van der Waals surface area contributed by atoms with E-state index in [1.807, 2.05) is 0 Å². The number of aliphatic hydroxyl groups is 2. The van der Waals surface area contributed by atoms with E-state index >= 15 is 0 Å². The molecule has 0 saturated carbocycles. The van der Waals surface area contributed by atoms with E-state index in [4.69, 9.17) is 15.6 Å². The smallest absolute Gasteiger partial charge is 0.167 e. The highest BCUT2D eigenvalue weighted by molar-refractivity contribution is 5.81. The molecular formula is C10H13N5O3. The SMILES string of the molecule is Nc1ncnc2c1ncn2[13C@H]1[13CH2][13C@@H](O)[13C@@H]([13CH2]O)O1. The minimum absolute atomic E-state index is 0.221. The number of hydrogen-bond acceptors (Lipinski definition) is 7. The Hall–Kier alpha value is -1.77. The molecule has 4 N–H and O–H groups in total. The third-order valence-electron chi connectivity index (χ3n) is 3.08. The van der Waals surface area contributed by atoms with Gasteiger partial charge in [-0.3, -0.25) is 4.57 Å². The van der Waals surface area contributed by atoms with Crippen LogP contribution in [0.4, 0.5) is 5.82 Å². The van der Waals surface area contributed by atoms with Gasteiger partial charge in [0.25, 0.3) is 0 Å². The van der Waals surface area contributed by atoms with Crippen molar-refractivity contribution >= 4 is 17.0 Å². The van der Waals surface area contributed by atoms with Crippen LogP contribution in [0.2, 0.25) is 0 Å². The van der Waals surface area contributed by atoms with Gasteiger partial charge in [-0.25, -0.2) is 15.0 Å². The summed E-state index contributed by atoms with van der Waals surface area (Å²) in [5.41, 5.74) is 6.75. The summed E-state index contributed by atoms with van der Waals surface area (Å²) in [6.45, 7) is -0.221. The van der Waals surface area contributed by atoms with Crippen LogP contribution >= 0.6 is 0 Å². The Morgan fingerprint density at radius 2 is 2.28 bits per heavy atom. The fourth-order valence-corrected chi connectivity index (χ4v) is 2.13. The fraction of sp³-hybridized carbons (Fsp3) is 0.500. The van der Waals surface area contributed by atoms with Crippen LogP contribution in [0.15, 0.2) is 12.7 Å². The second-order valence-electron chi connectivity index (χ2n) is 4.20. The van der Waals surface area contributed by atoms with E-state index in [-0.39, 0.29) is 6.61 Å². The van der Waals surface area contributed by atoms with Crippen molar-refractivity contribution < 1.29 is 14.9 Å². The fourth-order valence-electron chi connectivity index (χ4n) is 2.13. The van der Waals surface area contributed by atoms with Crippen molar-refractivity contribution in [2.24, 2.45) is 0 Å². The van der Waals surface area contributed by atoms with Crippen molar-refractivity contribution in [2.75, 3.05) is 12.3 Å². The quantitative estimate of drug-likeness (QED) is 0.592. The second kappa shape index (κ2) is 4.16. The van der Waals surface area contributed by atoms with Crippen LogP contribution in [-0.2, 0) is 4.74 Å². The molecule has 0 bridgehead atoms. The monoisotopic (exact) mass is 256 g/mol. The summed E-state index contributed by atoms with van der Waals surface area (Å²) in [6, 6.07) is 0. The van der Waals surface area contributed by atoms with Gasteiger partial charge in [-0.15, -0.1) is 0 Å². The lowest BCUT2D eigenvalue weighted by Crippen LogP contribution is -2.24. The largest absolute Gasteiger partial charge is 0.394 e. The van der Waals surface area contributed by atoms with Gasteiger partial charge < -0.3 is 20.7 Å². The van der Waals surface area contributed by atoms with Crippen molar-refractivity contribution in [2.45, 2.75) is 24.9 Å². The molecule has 96 valence electrons. The van der Waals surface area contributed by atoms with Crippen LogP contribution in [0.3, 0.4) is 0 Å². The van der Waals surface area contributed by atoms with Crippen LogP contribution in [0.5, 0.6) is 0 Å². The molecule has 1 aliphatic rings. The third-order valence-corrected chi connectivity index (χ3v) is 3.08. The average molecular weight is 256 g/mol. The number of aromatic nitrogens is 4. The first-order valence-electron chi connectivity index (χ1n) is 5.58. The van der Waals surface area contributed by atoms with E-state index in [1.54, 1.807) is 10.9 Å². The Morgan fingerprint density at radius 1 is 1.44 bits per heavy atom. The molecule has 3 rings (SSSR count). The highest BCUT2D eigenvalue weighted by Crippen LogP contribution is 2.30. The minimum atomic E-state index is -0.698. The van der Waals surface area contributed by atoms with Gasteiger partial charge in [0.05, 0.1) is 19.0 Å². The molecule has 3 atom stereocenters. The lowest BCUT2D eigenvalue weighted by molar-refractivity contribution is -0.0432. The van der Waals surface area contributed by atoms with Crippen LogP contribution in [-0.4, -0.2) is 48.5 Å². The topological polar surface area (TPSA) is 119 Å². The predicted octanol–water partition coefficient (Wildman–Crippen LogP) is -0.951. The first-order chi connectivity index (χ1) is 8.70. The molecule has 8 heteroatoms. The number of nitrogens with zero attached hydrogens (tertiary/aromatic N) is 4.